The number of aromatic nitrogens is 1. The third-order valence-electron chi connectivity index (χ3n) is 5.01. The highest BCUT2D eigenvalue weighted by Gasteiger charge is 2.22. The molecule has 1 saturated heterocycles. The number of hydrogen-bond donors (Lipinski definition) is 2. The summed E-state index contributed by atoms with van der Waals surface area (Å²) in [6, 6.07) is 12.1. The van der Waals surface area contributed by atoms with Crippen LogP contribution in [0.2, 0.25) is 10.0 Å². The Balaban J connectivity index is 1.69. The molecule has 0 bridgehead atoms. The number of hydrogen-bond acceptors (Lipinski definition) is 3. The lowest BCUT2D eigenvalue weighted by molar-refractivity contribution is -0.910. The fourth-order valence-corrected chi connectivity index (χ4v) is 4.09. The molecule has 2 N–H and O–H groups in total. The van der Waals surface area contributed by atoms with Gasteiger partial charge in [-0.2, -0.15) is 0 Å². The Kier molecular flexibility index (Phi) is 5.35. The molecule has 4 rings (SSSR count). The quantitative estimate of drug-likeness (QED) is 0.623. The predicted octanol–water partition coefficient (Wildman–Crippen LogP) is 4.21. The molecule has 1 fully saturated rings. The second-order valence-corrected chi connectivity index (χ2v) is 7.71. The van der Waals surface area contributed by atoms with Gasteiger partial charge in [0.1, 0.15) is 0 Å². The first-order valence-corrected chi connectivity index (χ1v) is 9.85. The highest BCUT2D eigenvalue weighted by molar-refractivity contribution is 6.36. The highest BCUT2D eigenvalue weighted by atomic mass is 35.5. The standard InChI is InChI=1S/C20H18Cl2N4O2/c21-13-7-8-14(16(22)11-13)19(27)24-23-18-15-5-1-2-6-17(15)26(20(18)28)12-25-9-3-4-10-25/h1-2,5-8,11,28H,3-4,9-10,12H2/p+1. The van der Waals surface area contributed by atoms with E-state index < -0.39 is 5.91 Å². The molecule has 28 heavy (non-hydrogen) atoms. The maximum Gasteiger partial charge on any atom is 0.296 e. The van der Waals surface area contributed by atoms with Crippen LogP contribution in [0.3, 0.4) is 0 Å². The number of fused-ring (bicyclic) bond motifs is 1. The average molecular weight is 418 g/mol. The topological polar surface area (TPSA) is 71.4 Å². The van der Waals surface area contributed by atoms with Gasteiger partial charge in [0, 0.05) is 23.3 Å². The summed E-state index contributed by atoms with van der Waals surface area (Å²) in [7, 11) is 0. The molecule has 3 aromatic rings. The van der Waals surface area contributed by atoms with Crippen molar-refractivity contribution < 1.29 is 14.8 Å². The Labute approximate surface area is 172 Å². The monoisotopic (exact) mass is 417 g/mol. The molecule has 1 aliphatic heterocycles. The Bertz CT molecular complexity index is 1070. The molecule has 0 spiro atoms. The van der Waals surface area contributed by atoms with E-state index in [1.54, 1.807) is 6.07 Å². The minimum atomic E-state index is -0.594. The molecule has 0 saturated carbocycles. The van der Waals surface area contributed by atoms with Gasteiger partial charge in [-0.3, -0.25) is 9.36 Å². The van der Waals surface area contributed by atoms with Gasteiger partial charge in [0.2, 0.25) is 5.88 Å². The second kappa shape index (κ2) is 7.91. The first-order chi connectivity index (χ1) is 13.5. The van der Waals surface area contributed by atoms with Crippen LogP contribution in [0.5, 0.6) is 5.88 Å². The van der Waals surface area contributed by atoms with Crippen LogP contribution in [-0.4, -0.2) is 28.7 Å². The molecule has 6 nitrogen and oxygen atoms in total. The van der Waals surface area contributed by atoms with Gasteiger partial charge < -0.3 is 10.0 Å². The molecule has 0 radical (unpaired) electrons. The van der Waals surface area contributed by atoms with Crippen LogP contribution in [-0.2, 0) is 6.67 Å². The van der Waals surface area contributed by atoms with Gasteiger partial charge in [-0.15, -0.1) is 10.2 Å². The number of rotatable bonds is 4. The van der Waals surface area contributed by atoms with Crippen molar-refractivity contribution in [1.29, 1.82) is 0 Å². The molecule has 0 unspecified atom stereocenters. The van der Waals surface area contributed by atoms with Gasteiger partial charge in [-0.05, 0) is 24.3 Å². The Morgan fingerprint density at radius 3 is 2.64 bits per heavy atom. The number of azo groups is 1. The maximum atomic E-state index is 12.4. The molecule has 1 aliphatic rings. The average Bonchev–Trinajstić information content (AvgIpc) is 3.28. The number of likely N-dealkylation sites (tertiary alicyclic amines) is 1. The van der Waals surface area contributed by atoms with E-state index in [-0.39, 0.29) is 22.2 Å². The summed E-state index contributed by atoms with van der Waals surface area (Å²) in [5, 5.41) is 20.0. The number of quaternary nitrogens is 1. The molecule has 1 aromatic heterocycles. The van der Waals surface area contributed by atoms with E-state index >= 15 is 0 Å². The lowest BCUT2D eigenvalue weighted by Crippen LogP contribution is -3.09. The largest absolute Gasteiger partial charge is 0.493 e. The van der Waals surface area contributed by atoms with E-state index in [1.165, 1.54) is 29.9 Å². The lowest BCUT2D eigenvalue weighted by Gasteiger charge is -2.14. The number of para-hydroxylation sites is 1. The van der Waals surface area contributed by atoms with Crippen molar-refractivity contribution in [2.75, 3.05) is 13.1 Å². The number of nitrogens with zero attached hydrogens (tertiary/aromatic N) is 3. The van der Waals surface area contributed by atoms with E-state index in [0.717, 1.165) is 24.0 Å². The summed E-state index contributed by atoms with van der Waals surface area (Å²) < 4.78 is 1.84. The molecular formula is C20H19Cl2N4O2+. The van der Waals surface area contributed by atoms with Crippen LogP contribution in [0.25, 0.3) is 10.9 Å². The molecule has 2 aromatic carbocycles. The van der Waals surface area contributed by atoms with Gasteiger partial charge in [0.25, 0.3) is 5.91 Å². The molecule has 0 aliphatic carbocycles. The second-order valence-electron chi connectivity index (χ2n) is 6.86. The van der Waals surface area contributed by atoms with Crippen LogP contribution in [0.15, 0.2) is 52.7 Å². The SMILES string of the molecule is O=C(N=Nc1c(O)n(C[NH+]2CCCC2)c2ccccc12)c1ccc(Cl)cc1Cl. The molecule has 1 amide bonds. The summed E-state index contributed by atoms with van der Waals surface area (Å²) in [5.41, 5.74) is 1.36. The number of benzene rings is 2. The van der Waals surface area contributed by atoms with E-state index in [2.05, 4.69) is 10.2 Å². The molecular weight excluding hydrogens is 399 g/mol. The summed E-state index contributed by atoms with van der Waals surface area (Å²) in [6.45, 7) is 2.81. The third kappa shape index (κ3) is 3.63. The first kappa shape index (κ1) is 18.9. The summed E-state index contributed by atoms with van der Waals surface area (Å²) >= 11 is 11.9. The zero-order valence-electron chi connectivity index (χ0n) is 15.0. The van der Waals surface area contributed by atoms with Crippen molar-refractivity contribution in [3.05, 3.63) is 58.1 Å². The summed E-state index contributed by atoms with van der Waals surface area (Å²) in [5.74, 6) is -0.581. The van der Waals surface area contributed by atoms with Crippen molar-refractivity contribution in [3.63, 3.8) is 0 Å². The molecule has 144 valence electrons. The van der Waals surface area contributed by atoms with Gasteiger partial charge in [-0.25, -0.2) is 0 Å². The number of aromatic hydroxyl groups is 1. The number of carbonyl (C=O) groups is 1. The third-order valence-corrected chi connectivity index (χ3v) is 5.56. The molecule has 8 heteroatoms. The van der Waals surface area contributed by atoms with Crippen molar-refractivity contribution in [2.45, 2.75) is 19.5 Å². The fourth-order valence-electron chi connectivity index (χ4n) is 3.60. The molecule has 0 atom stereocenters. The zero-order chi connectivity index (χ0) is 19.7. The van der Waals surface area contributed by atoms with Crippen molar-refractivity contribution in [3.8, 4) is 5.88 Å². The number of carbonyl (C=O) groups excluding carboxylic acids is 1. The van der Waals surface area contributed by atoms with Crippen LogP contribution in [0, 0.1) is 0 Å². The van der Waals surface area contributed by atoms with Crippen molar-refractivity contribution in [1.82, 2.24) is 4.57 Å². The number of halogens is 2. The minimum Gasteiger partial charge on any atom is -0.493 e. The van der Waals surface area contributed by atoms with Crippen LogP contribution >= 0.6 is 23.2 Å². The smallest absolute Gasteiger partial charge is 0.296 e. The highest BCUT2D eigenvalue weighted by Crippen LogP contribution is 2.38. The Hall–Kier alpha value is -2.41. The molecule has 2 heterocycles. The Morgan fingerprint density at radius 1 is 1.14 bits per heavy atom. The van der Waals surface area contributed by atoms with Crippen LogP contribution < -0.4 is 4.90 Å². The van der Waals surface area contributed by atoms with Crippen molar-refractivity contribution in [2.24, 2.45) is 10.2 Å². The van der Waals surface area contributed by atoms with Crippen molar-refractivity contribution >= 4 is 45.7 Å². The summed E-state index contributed by atoms with van der Waals surface area (Å²) in [6.07, 6.45) is 2.39. The van der Waals surface area contributed by atoms with E-state index in [9.17, 15) is 9.90 Å². The normalized spacial score (nSPS) is 15.1. The van der Waals surface area contributed by atoms with E-state index in [0.29, 0.717) is 11.7 Å². The minimum absolute atomic E-state index is 0.0133. The van der Waals surface area contributed by atoms with Gasteiger partial charge in [0.15, 0.2) is 12.4 Å². The predicted molar refractivity (Wildman–Crippen MR) is 109 cm³/mol. The first-order valence-electron chi connectivity index (χ1n) is 9.09. The van der Waals surface area contributed by atoms with Gasteiger partial charge in [-0.1, -0.05) is 41.4 Å². The summed E-state index contributed by atoms with van der Waals surface area (Å²) in [4.78, 5) is 13.8. The maximum absolute atomic E-state index is 12.4. The van der Waals surface area contributed by atoms with Crippen LogP contribution in [0.4, 0.5) is 5.69 Å². The number of nitrogens with one attached hydrogen (secondary N) is 1. The van der Waals surface area contributed by atoms with E-state index in [4.69, 9.17) is 23.2 Å². The van der Waals surface area contributed by atoms with Gasteiger partial charge >= 0.3 is 0 Å². The Morgan fingerprint density at radius 2 is 1.89 bits per heavy atom. The number of amides is 1. The van der Waals surface area contributed by atoms with Crippen LogP contribution in [0.1, 0.15) is 23.2 Å². The lowest BCUT2D eigenvalue weighted by atomic mass is 10.2. The van der Waals surface area contributed by atoms with E-state index in [1.807, 2.05) is 28.8 Å². The fraction of sp³-hybridized carbons (Fsp3) is 0.250. The zero-order valence-corrected chi connectivity index (χ0v) is 16.5. The van der Waals surface area contributed by atoms with Gasteiger partial charge in [0.05, 0.1) is 29.2 Å².